The SMILES string of the molecule is CC(=O)O[C@@H]1[C@@H](C)[C@]2(CC(c3ccoc3)OC2O)C2CCC3O[C@]3(C)[C@]2(C)[C@@H]1OC(C)=O. The fraction of sp³-hybridized carbons (Fsp3) is 0.750. The molecule has 10 atom stereocenters. The summed E-state index contributed by atoms with van der Waals surface area (Å²) in [6, 6.07) is 1.84. The van der Waals surface area contributed by atoms with Gasteiger partial charge in [-0.05, 0) is 38.2 Å². The lowest BCUT2D eigenvalue weighted by atomic mass is 9.42. The van der Waals surface area contributed by atoms with Crippen LogP contribution < -0.4 is 0 Å². The van der Waals surface area contributed by atoms with Crippen molar-refractivity contribution in [2.45, 2.75) is 90.2 Å². The monoisotopic (exact) mass is 448 g/mol. The summed E-state index contributed by atoms with van der Waals surface area (Å²) in [5.74, 6) is -1.28. The van der Waals surface area contributed by atoms with Gasteiger partial charge < -0.3 is 28.5 Å². The Hall–Kier alpha value is -1.90. The number of fused-ring (bicyclic) bond motifs is 4. The molecule has 1 spiro atoms. The summed E-state index contributed by atoms with van der Waals surface area (Å²) in [5.41, 5.74) is -1.07. The van der Waals surface area contributed by atoms with E-state index in [4.69, 9.17) is 23.4 Å². The first-order valence-electron chi connectivity index (χ1n) is 11.4. The van der Waals surface area contributed by atoms with E-state index in [0.717, 1.165) is 18.4 Å². The zero-order valence-electron chi connectivity index (χ0n) is 19.2. The van der Waals surface area contributed by atoms with Crippen molar-refractivity contribution in [3.8, 4) is 0 Å². The van der Waals surface area contributed by atoms with Crippen LogP contribution in [0.1, 0.15) is 65.5 Å². The van der Waals surface area contributed by atoms with E-state index in [-0.39, 0.29) is 24.0 Å². The molecule has 8 nitrogen and oxygen atoms in total. The van der Waals surface area contributed by atoms with Gasteiger partial charge in [-0.2, -0.15) is 0 Å². The molecule has 4 aliphatic rings. The average molecular weight is 449 g/mol. The summed E-state index contributed by atoms with van der Waals surface area (Å²) >= 11 is 0. The topological polar surface area (TPSA) is 108 Å². The van der Waals surface area contributed by atoms with E-state index in [2.05, 4.69) is 6.92 Å². The Morgan fingerprint density at radius 2 is 1.88 bits per heavy atom. The minimum absolute atomic E-state index is 0.0503. The average Bonchev–Trinajstić information content (AvgIpc) is 3.06. The van der Waals surface area contributed by atoms with Crippen molar-refractivity contribution in [1.82, 2.24) is 0 Å². The number of carbonyl (C=O) groups excluding carboxylic acids is 2. The lowest BCUT2D eigenvalue weighted by Gasteiger charge is -2.63. The van der Waals surface area contributed by atoms with E-state index in [9.17, 15) is 14.7 Å². The molecular weight excluding hydrogens is 416 g/mol. The predicted octanol–water partition coefficient (Wildman–Crippen LogP) is 3.13. The number of ether oxygens (including phenoxy) is 4. The van der Waals surface area contributed by atoms with E-state index in [0.29, 0.717) is 6.42 Å². The molecule has 2 saturated heterocycles. The van der Waals surface area contributed by atoms with Crippen molar-refractivity contribution in [1.29, 1.82) is 0 Å². The van der Waals surface area contributed by atoms with Gasteiger partial charge in [0.2, 0.25) is 0 Å². The van der Waals surface area contributed by atoms with Crippen LogP contribution in [0.4, 0.5) is 0 Å². The van der Waals surface area contributed by atoms with Gasteiger partial charge in [0, 0.05) is 36.2 Å². The maximum absolute atomic E-state index is 12.2. The molecule has 2 aliphatic carbocycles. The van der Waals surface area contributed by atoms with Gasteiger partial charge in [0.1, 0.15) is 17.8 Å². The number of aliphatic hydroxyl groups is 1. The predicted molar refractivity (Wildman–Crippen MR) is 110 cm³/mol. The van der Waals surface area contributed by atoms with Crippen LogP contribution in [0.25, 0.3) is 0 Å². The van der Waals surface area contributed by atoms with Crippen LogP contribution >= 0.6 is 0 Å². The molecule has 0 radical (unpaired) electrons. The number of rotatable bonds is 3. The van der Waals surface area contributed by atoms with Crippen LogP contribution in [0.3, 0.4) is 0 Å². The first-order valence-corrected chi connectivity index (χ1v) is 11.4. The summed E-state index contributed by atoms with van der Waals surface area (Å²) in [6.07, 6.45) is 2.63. The maximum atomic E-state index is 12.2. The van der Waals surface area contributed by atoms with Gasteiger partial charge in [0.25, 0.3) is 0 Å². The van der Waals surface area contributed by atoms with Crippen molar-refractivity contribution in [3.05, 3.63) is 24.2 Å². The number of hydrogen-bond acceptors (Lipinski definition) is 8. The largest absolute Gasteiger partial charge is 0.472 e. The number of epoxide rings is 1. The van der Waals surface area contributed by atoms with Crippen molar-refractivity contribution >= 4 is 11.9 Å². The third-order valence-electron chi connectivity index (χ3n) is 9.14. The van der Waals surface area contributed by atoms with Crippen molar-refractivity contribution in [2.75, 3.05) is 0 Å². The van der Waals surface area contributed by atoms with Crippen LogP contribution in [0, 0.1) is 22.7 Å². The number of hydrogen-bond donors (Lipinski definition) is 1. The zero-order chi connectivity index (χ0) is 23.1. The van der Waals surface area contributed by atoms with Crippen LogP contribution in [-0.4, -0.2) is 47.2 Å². The molecule has 0 bridgehead atoms. The third kappa shape index (κ3) is 2.72. The van der Waals surface area contributed by atoms with Gasteiger partial charge in [0.05, 0.1) is 24.7 Å². The summed E-state index contributed by atoms with van der Waals surface area (Å²) in [5, 5.41) is 11.5. The number of esters is 2. The molecule has 1 aromatic rings. The standard InChI is InChI=1S/C24H32O8/c1-12-19(29-13(2)25)20(30-14(3)26)22(4)17(6-7-18-23(22,5)32-18)24(12)10-16(31-21(24)27)15-8-9-28-11-15/h8-9,11-12,16-21,27H,6-7,10H2,1-5H3/t12-,16?,17?,18?,19-,20-,21?,22+,23+,24-/m1/s1. The molecule has 4 fully saturated rings. The van der Waals surface area contributed by atoms with Crippen LogP contribution in [0.2, 0.25) is 0 Å². The lowest BCUT2D eigenvalue weighted by Crippen LogP contribution is -2.71. The molecule has 2 saturated carbocycles. The van der Waals surface area contributed by atoms with Crippen molar-refractivity contribution in [2.24, 2.45) is 22.7 Å². The number of aliphatic hydroxyl groups excluding tert-OH is 1. The second-order valence-electron chi connectivity index (χ2n) is 10.4. The van der Waals surface area contributed by atoms with Gasteiger partial charge in [-0.3, -0.25) is 9.59 Å². The van der Waals surface area contributed by atoms with Gasteiger partial charge in [-0.15, -0.1) is 0 Å². The number of carbonyl (C=O) groups is 2. The Morgan fingerprint density at radius 3 is 2.50 bits per heavy atom. The Bertz CT molecular complexity index is 913. The molecule has 3 heterocycles. The van der Waals surface area contributed by atoms with E-state index < -0.39 is 46.9 Å². The zero-order valence-corrected chi connectivity index (χ0v) is 19.2. The Balaban J connectivity index is 1.65. The fourth-order valence-electron chi connectivity index (χ4n) is 7.42. The minimum Gasteiger partial charge on any atom is -0.472 e. The van der Waals surface area contributed by atoms with E-state index in [1.165, 1.54) is 13.8 Å². The summed E-state index contributed by atoms with van der Waals surface area (Å²) in [6.45, 7) is 8.80. The van der Waals surface area contributed by atoms with E-state index >= 15 is 0 Å². The normalized spacial score (nSPS) is 49.2. The quantitative estimate of drug-likeness (QED) is 0.555. The molecule has 4 unspecified atom stereocenters. The second kappa shape index (κ2) is 7.05. The molecule has 2 aliphatic heterocycles. The molecule has 176 valence electrons. The summed E-state index contributed by atoms with van der Waals surface area (Å²) in [7, 11) is 0. The van der Waals surface area contributed by atoms with E-state index in [1.54, 1.807) is 12.5 Å². The molecular formula is C24H32O8. The van der Waals surface area contributed by atoms with E-state index in [1.807, 2.05) is 19.9 Å². The van der Waals surface area contributed by atoms with Crippen molar-refractivity contribution in [3.63, 3.8) is 0 Å². The molecule has 0 aromatic carbocycles. The first-order chi connectivity index (χ1) is 15.1. The molecule has 5 rings (SSSR count). The Morgan fingerprint density at radius 1 is 1.16 bits per heavy atom. The Kier molecular flexibility index (Phi) is 4.83. The summed E-state index contributed by atoms with van der Waals surface area (Å²) in [4.78, 5) is 24.3. The van der Waals surface area contributed by atoms with Crippen molar-refractivity contribution < 1.29 is 38.1 Å². The molecule has 1 aromatic heterocycles. The first kappa shape index (κ1) is 21.9. The third-order valence-corrected chi connectivity index (χ3v) is 9.14. The molecule has 32 heavy (non-hydrogen) atoms. The van der Waals surface area contributed by atoms with Gasteiger partial charge in [-0.25, -0.2) is 0 Å². The van der Waals surface area contributed by atoms with Gasteiger partial charge in [0.15, 0.2) is 6.29 Å². The highest BCUT2D eigenvalue weighted by Crippen LogP contribution is 2.73. The molecule has 8 heteroatoms. The smallest absolute Gasteiger partial charge is 0.303 e. The van der Waals surface area contributed by atoms with Crippen LogP contribution in [0.5, 0.6) is 0 Å². The fourth-order valence-corrected chi connectivity index (χ4v) is 7.42. The van der Waals surface area contributed by atoms with Gasteiger partial charge >= 0.3 is 11.9 Å². The second-order valence-corrected chi connectivity index (χ2v) is 10.4. The molecule has 0 amide bonds. The molecule has 1 N–H and O–H groups in total. The highest BCUT2D eigenvalue weighted by Gasteiger charge is 2.80. The van der Waals surface area contributed by atoms with Gasteiger partial charge in [-0.1, -0.05) is 13.8 Å². The summed E-state index contributed by atoms with van der Waals surface area (Å²) < 4.78 is 29.3. The lowest BCUT2D eigenvalue weighted by molar-refractivity contribution is -0.278. The minimum atomic E-state index is -1.07. The van der Waals surface area contributed by atoms with Crippen LogP contribution in [-0.2, 0) is 28.5 Å². The maximum Gasteiger partial charge on any atom is 0.303 e. The Labute approximate surface area is 187 Å². The highest BCUT2D eigenvalue weighted by atomic mass is 16.6. The number of furan rings is 1. The highest BCUT2D eigenvalue weighted by molar-refractivity contribution is 5.67. The van der Waals surface area contributed by atoms with Crippen LogP contribution in [0.15, 0.2) is 23.0 Å².